The smallest absolute Gasteiger partial charge is 0.290 e. The van der Waals surface area contributed by atoms with Crippen molar-refractivity contribution in [3.63, 3.8) is 0 Å². The maximum Gasteiger partial charge on any atom is 0.290 e. The summed E-state index contributed by atoms with van der Waals surface area (Å²) in [5.74, 6) is -0.0191. The van der Waals surface area contributed by atoms with E-state index in [0.29, 0.717) is 0 Å². The largest absolute Gasteiger partial charge is 0.459 e. The van der Waals surface area contributed by atoms with Crippen molar-refractivity contribution in [2.45, 2.75) is 56.7 Å². The fourth-order valence-electron chi connectivity index (χ4n) is 3.80. The van der Waals surface area contributed by atoms with Crippen LogP contribution in [0.4, 0.5) is 0 Å². The van der Waals surface area contributed by atoms with Gasteiger partial charge in [-0.05, 0) is 43.4 Å². The predicted molar refractivity (Wildman–Crippen MR) is 97.5 cm³/mol. The lowest BCUT2D eigenvalue weighted by atomic mass is 10.0. The maximum atomic E-state index is 13.2. The second kappa shape index (κ2) is 7.36. The van der Waals surface area contributed by atoms with E-state index >= 15 is 0 Å². The molecule has 1 aromatic heterocycles. The standard InChI is InChI=1S/C21H24N2O3/c24-20(22-16-9-4-5-10-16)19(15-7-2-1-3-8-15)23(17-12-13-17)21(25)18-11-6-14-26-18/h1-3,6-8,11,14,16-17,19H,4-5,9-10,12-13H2,(H,22,24). The fraction of sp³-hybridized carbons (Fsp3) is 0.429. The van der Waals surface area contributed by atoms with Crippen LogP contribution in [0, 0.1) is 0 Å². The van der Waals surface area contributed by atoms with Gasteiger partial charge >= 0.3 is 0 Å². The first-order valence-electron chi connectivity index (χ1n) is 9.45. The molecule has 1 unspecified atom stereocenters. The monoisotopic (exact) mass is 352 g/mol. The van der Waals surface area contributed by atoms with Crippen LogP contribution in [0.1, 0.15) is 60.7 Å². The molecular formula is C21H24N2O3. The third kappa shape index (κ3) is 3.52. The van der Waals surface area contributed by atoms with E-state index in [1.165, 1.54) is 6.26 Å². The Morgan fingerprint density at radius 2 is 1.73 bits per heavy atom. The molecule has 2 aromatic rings. The van der Waals surface area contributed by atoms with E-state index in [2.05, 4.69) is 5.32 Å². The van der Waals surface area contributed by atoms with E-state index in [-0.39, 0.29) is 29.7 Å². The van der Waals surface area contributed by atoms with Crippen LogP contribution in [0.2, 0.25) is 0 Å². The minimum absolute atomic E-state index is 0.0880. The summed E-state index contributed by atoms with van der Waals surface area (Å²) in [6.07, 6.45) is 7.68. The predicted octanol–water partition coefficient (Wildman–Crippen LogP) is 3.68. The number of nitrogens with one attached hydrogen (secondary N) is 1. The van der Waals surface area contributed by atoms with E-state index in [4.69, 9.17) is 4.42 Å². The lowest BCUT2D eigenvalue weighted by Crippen LogP contribution is -2.47. The Labute approximate surface area is 153 Å². The molecule has 136 valence electrons. The molecule has 0 bridgehead atoms. The number of hydrogen-bond donors (Lipinski definition) is 1. The van der Waals surface area contributed by atoms with E-state index in [1.54, 1.807) is 17.0 Å². The van der Waals surface area contributed by atoms with Crippen LogP contribution in [-0.4, -0.2) is 28.8 Å². The Morgan fingerprint density at radius 1 is 1.00 bits per heavy atom. The summed E-state index contributed by atoms with van der Waals surface area (Å²) in [6.45, 7) is 0. The number of carbonyl (C=O) groups excluding carboxylic acids is 2. The van der Waals surface area contributed by atoms with Gasteiger partial charge in [-0.2, -0.15) is 0 Å². The summed E-state index contributed by atoms with van der Waals surface area (Å²) < 4.78 is 5.33. The van der Waals surface area contributed by atoms with Gasteiger partial charge in [0.05, 0.1) is 6.26 Å². The number of carbonyl (C=O) groups is 2. The molecule has 5 heteroatoms. The molecule has 1 N–H and O–H groups in total. The van der Waals surface area contributed by atoms with Crippen molar-refractivity contribution >= 4 is 11.8 Å². The van der Waals surface area contributed by atoms with Gasteiger partial charge in [-0.3, -0.25) is 9.59 Å². The molecule has 2 saturated carbocycles. The first-order valence-corrected chi connectivity index (χ1v) is 9.45. The highest BCUT2D eigenvalue weighted by Crippen LogP contribution is 2.36. The molecule has 5 nitrogen and oxygen atoms in total. The molecule has 1 aromatic carbocycles. The van der Waals surface area contributed by atoms with Gasteiger partial charge in [0.2, 0.25) is 5.91 Å². The van der Waals surface area contributed by atoms with Crippen molar-refractivity contribution in [2.24, 2.45) is 0 Å². The van der Waals surface area contributed by atoms with Gasteiger partial charge in [-0.1, -0.05) is 43.2 Å². The van der Waals surface area contributed by atoms with E-state index in [1.807, 2.05) is 30.3 Å². The zero-order valence-electron chi connectivity index (χ0n) is 14.8. The van der Waals surface area contributed by atoms with Crippen LogP contribution in [0.3, 0.4) is 0 Å². The fourth-order valence-corrected chi connectivity index (χ4v) is 3.80. The normalized spacial score (nSPS) is 18.5. The Kier molecular flexibility index (Phi) is 4.78. The minimum atomic E-state index is -0.623. The zero-order valence-corrected chi connectivity index (χ0v) is 14.8. The van der Waals surface area contributed by atoms with Crippen molar-refractivity contribution < 1.29 is 14.0 Å². The first kappa shape index (κ1) is 16.9. The van der Waals surface area contributed by atoms with Crippen LogP contribution >= 0.6 is 0 Å². The number of furan rings is 1. The second-order valence-electron chi connectivity index (χ2n) is 7.22. The van der Waals surface area contributed by atoms with Crippen LogP contribution in [-0.2, 0) is 4.79 Å². The molecule has 0 saturated heterocycles. The van der Waals surface area contributed by atoms with Crippen molar-refractivity contribution in [2.75, 3.05) is 0 Å². The Bertz CT molecular complexity index is 747. The molecule has 2 aliphatic carbocycles. The molecular weight excluding hydrogens is 328 g/mol. The van der Waals surface area contributed by atoms with Gasteiger partial charge in [-0.15, -0.1) is 0 Å². The summed E-state index contributed by atoms with van der Waals surface area (Å²) >= 11 is 0. The maximum absolute atomic E-state index is 13.2. The molecule has 4 rings (SSSR count). The van der Waals surface area contributed by atoms with Crippen molar-refractivity contribution in [1.29, 1.82) is 0 Å². The SMILES string of the molecule is O=C(NC1CCCC1)C(c1ccccc1)N(C(=O)c1ccco1)C1CC1. The molecule has 2 aliphatic rings. The number of rotatable bonds is 6. The van der Waals surface area contributed by atoms with E-state index < -0.39 is 6.04 Å². The molecule has 26 heavy (non-hydrogen) atoms. The van der Waals surface area contributed by atoms with Gasteiger partial charge in [0, 0.05) is 12.1 Å². The summed E-state index contributed by atoms with van der Waals surface area (Å²) in [5.41, 5.74) is 0.842. The molecule has 0 aliphatic heterocycles. The third-order valence-corrected chi connectivity index (χ3v) is 5.25. The van der Waals surface area contributed by atoms with Crippen molar-refractivity contribution in [3.05, 3.63) is 60.1 Å². The first-order chi connectivity index (χ1) is 12.7. The van der Waals surface area contributed by atoms with Gasteiger partial charge in [0.1, 0.15) is 6.04 Å². The van der Waals surface area contributed by atoms with Crippen LogP contribution < -0.4 is 5.32 Å². The van der Waals surface area contributed by atoms with Gasteiger partial charge in [0.25, 0.3) is 5.91 Å². The Hall–Kier alpha value is -2.56. The molecule has 0 radical (unpaired) electrons. The Balaban J connectivity index is 1.65. The molecule has 2 fully saturated rings. The summed E-state index contributed by atoms with van der Waals surface area (Å²) in [4.78, 5) is 28.0. The number of benzene rings is 1. The van der Waals surface area contributed by atoms with Gasteiger partial charge in [0.15, 0.2) is 5.76 Å². The lowest BCUT2D eigenvalue weighted by Gasteiger charge is -2.31. The summed E-state index contributed by atoms with van der Waals surface area (Å²) in [7, 11) is 0. The molecule has 2 amide bonds. The van der Waals surface area contributed by atoms with Gasteiger partial charge < -0.3 is 14.6 Å². The molecule has 1 atom stereocenters. The average Bonchev–Trinajstić information content (AvgIpc) is 3.12. The van der Waals surface area contributed by atoms with Gasteiger partial charge in [-0.25, -0.2) is 0 Å². The number of hydrogen-bond acceptors (Lipinski definition) is 3. The highest BCUT2D eigenvalue weighted by Gasteiger charge is 2.42. The topological polar surface area (TPSA) is 62.6 Å². The second-order valence-corrected chi connectivity index (χ2v) is 7.22. The average molecular weight is 352 g/mol. The zero-order chi connectivity index (χ0) is 17.9. The highest BCUT2D eigenvalue weighted by molar-refractivity contribution is 5.96. The quantitative estimate of drug-likeness (QED) is 0.862. The van der Waals surface area contributed by atoms with E-state index in [0.717, 1.165) is 44.1 Å². The summed E-state index contributed by atoms with van der Waals surface area (Å²) in [5, 5.41) is 3.18. The number of nitrogens with zero attached hydrogens (tertiary/aromatic N) is 1. The summed E-state index contributed by atoms with van der Waals surface area (Å²) in [6, 6.07) is 12.6. The molecule has 1 heterocycles. The number of amides is 2. The highest BCUT2D eigenvalue weighted by atomic mass is 16.3. The Morgan fingerprint density at radius 3 is 2.35 bits per heavy atom. The van der Waals surface area contributed by atoms with Crippen LogP contribution in [0.25, 0.3) is 0 Å². The lowest BCUT2D eigenvalue weighted by molar-refractivity contribution is -0.126. The van der Waals surface area contributed by atoms with Crippen molar-refractivity contribution in [3.8, 4) is 0 Å². The van der Waals surface area contributed by atoms with Crippen LogP contribution in [0.15, 0.2) is 53.1 Å². The van der Waals surface area contributed by atoms with E-state index in [9.17, 15) is 9.59 Å². The van der Waals surface area contributed by atoms with Crippen LogP contribution in [0.5, 0.6) is 0 Å². The molecule has 0 spiro atoms. The minimum Gasteiger partial charge on any atom is -0.459 e. The van der Waals surface area contributed by atoms with Crippen molar-refractivity contribution in [1.82, 2.24) is 10.2 Å². The third-order valence-electron chi connectivity index (χ3n) is 5.25.